The van der Waals surface area contributed by atoms with Crippen LogP contribution in [0.4, 0.5) is 19.3 Å². The van der Waals surface area contributed by atoms with Crippen LogP contribution in [0.2, 0.25) is 5.02 Å². The number of carbonyl (C=O) groups excluding carboxylic acids is 3. The van der Waals surface area contributed by atoms with E-state index in [0.29, 0.717) is 5.56 Å². The third kappa shape index (κ3) is 4.12. The van der Waals surface area contributed by atoms with E-state index in [1.807, 2.05) is 18.2 Å². The van der Waals surface area contributed by atoms with Gasteiger partial charge < -0.3 is 15.4 Å². The fraction of sp³-hybridized carbons (Fsp3) is 0.318. The highest BCUT2D eigenvalue weighted by atomic mass is 35.5. The number of halogens is 3. The highest BCUT2D eigenvalue weighted by Crippen LogP contribution is 2.33. The number of aryl methyl sites for hydroxylation is 2. The van der Waals surface area contributed by atoms with Crippen molar-refractivity contribution in [2.45, 2.75) is 38.3 Å². The molecule has 0 saturated carbocycles. The van der Waals surface area contributed by atoms with Gasteiger partial charge in [0.2, 0.25) is 5.91 Å². The Labute approximate surface area is 187 Å². The molecule has 0 radical (unpaired) electrons. The van der Waals surface area contributed by atoms with Gasteiger partial charge in [0.15, 0.2) is 0 Å². The molecule has 1 atom stereocenters. The lowest BCUT2D eigenvalue weighted by atomic mass is 9.89. The molecular weight excluding hydrogens is 444 g/mol. The topological polar surface area (TPSA) is 87.7 Å². The summed E-state index contributed by atoms with van der Waals surface area (Å²) in [6, 6.07) is 8.81. The minimum absolute atomic E-state index is 0.123. The Morgan fingerprint density at radius 3 is 2.69 bits per heavy atom. The Kier molecular flexibility index (Phi) is 5.77. The van der Waals surface area contributed by atoms with Crippen LogP contribution in [0.3, 0.4) is 0 Å². The monoisotopic (exact) mass is 463 g/mol. The summed E-state index contributed by atoms with van der Waals surface area (Å²) in [4.78, 5) is 38.9. The summed E-state index contributed by atoms with van der Waals surface area (Å²) < 4.78 is 28.9. The van der Waals surface area contributed by atoms with Crippen LogP contribution in [0.15, 0.2) is 36.4 Å². The van der Waals surface area contributed by atoms with Crippen molar-refractivity contribution in [2.24, 2.45) is 0 Å². The van der Waals surface area contributed by atoms with Gasteiger partial charge in [-0.25, -0.2) is 4.79 Å². The molecule has 1 aliphatic carbocycles. The number of amides is 4. The second kappa shape index (κ2) is 8.38. The molecule has 0 bridgehead atoms. The molecule has 1 unspecified atom stereocenters. The van der Waals surface area contributed by atoms with Gasteiger partial charge in [0.1, 0.15) is 17.8 Å². The van der Waals surface area contributed by atoms with E-state index in [4.69, 9.17) is 11.6 Å². The standard InChI is InChI=1S/C22H20ClF2N3O4/c1-22(14-6-5-12-3-2-4-13(12)9-14)19(30)28(21(31)27-22)11-18(29)26-15-7-8-17(16(23)10-15)32-20(24)25/h5-10,20H,2-4,11H2,1H3,(H,26,29)(H,27,31). The number of benzene rings is 2. The van der Waals surface area contributed by atoms with Gasteiger partial charge in [-0.05, 0) is 61.1 Å². The van der Waals surface area contributed by atoms with Crippen molar-refractivity contribution in [2.75, 3.05) is 11.9 Å². The number of fused-ring (bicyclic) bond motifs is 1. The number of ether oxygens (including phenoxy) is 1. The van der Waals surface area contributed by atoms with E-state index < -0.39 is 36.5 Å². The number of imide groups is 1. The van der Waals surface area contributed by atoms with Crippen molar-refractivity contribution in [3.8, 4) is 5.75 Å². The number of nitrogens with one attached hydrogen (secondary N) is 2. The zero-order chi connectivity index (χ0) is 23.0. The molecule has 0 aromatic heterocycles. The average molecular weight is 464 g/mol. The molecule has 2 aromatic carbocycles. The highest BCUT2D eigenvalue weighted by molar-refractivity contribution is 6.32. The molecule has 4 amide bonds. The first kappa shape index (κ1) is 22.0. The smallest absolute Gasteiger partial charge is 0.387 e. The maximum Gasteiger partial charge on any atom is 0.387 e. The Morgan fingerprint density at radius 1 is 1.22 bits per heavy atom. The van der Waals surface area contributed by atoms with E-state index in [1.165, 1.54) is 23.8 Å². The second-order valence-corrected chi connectivity index (χ2v) is 8.26. The van der Waals surface area contributed by atoms with Crippen LogP contribution in [0.25, 0.3) is 0 Å². The minimum atomic E-state index is -3.03. The Hall–Kier alpha value is -3.20. The SMILES string of the molecule is CC1(c2ccc3c(c2)CCC3)NC(=O)N(CC(=O)Nc2ccc(OC(F)F)c(Cl)c2)C1=O. The average Bonchev–Trinajstić information content (AvgIpc) is 3.28. The second-order valence-electron chi connectivity index (χ2n) is 7.86. The van der Waals surface area contributed by atoms with Crippen molar-refractivity contribution in [1.82, 2.24) is 10.2 Å². The van der Waals surface area contributed by atoms with Gasteiger partial charge in [-0.15, -0.1) is 0 Å². The van der Waals surface area contributed by atoms with Gasteiger partial charge in [-0.3, -0.25) is 14.5 Å². The van der Waals surface area contributed by atoms with E-state index in [2.05, 4.69) is 15.4 Å². The summed E-state index contributed by atoms with van der Waals surface area (Å²) in [6.45, 7) is -1.94. The summed E-state index contributed by atoms with van der Waals surface area (Å²) in [6.07, 6.45) is 2.98. The Bertz CT molecular complexity index is 1110. The first-order valence-electron chi connectivity index (χ1n) is 9.98. The largest absolute Gasteiger partial charge is 0.433 e. The molecule has 0 spiro atoms. The molecule has 1 saturated heterocycles. The van der Waals surface area contributed by atoms with Crippen LogP contribution in [-0.4, -0.2) is 35.9 Å². The van der Waals surface area contributed by atoms with E-state index in [0.717, 1.165) is 29.7 Å². The quantitative estimate of drug-likeness (QED) is 0.637. The molecule has 1 fully saturated rings. The lowest BCUT2D eigenvalue weighted by Gasteiger charge is -2.23. The molecule has 1 heterocycles. The van der Waals surface area contributed by atoms with Crippen LogP contribution in [-0.2, 0) is 28.0 Å². The third-order valence-electron chi connectivity index (χ3n) is 5.68. The van der Waals surface area contributed by atoms with Crippen molar-refractivity contribution in [1.29, 1.82) is 0 Å². The predicted octanol–water partition coefficient (Wildman–Crippen LogP) is 3.84. The van der Waals surface area contributed by atoms with Gasteiger partial charge in [0, 0.05) is 5.69 Å². The van der Waals surface area contributed by atoms with E-state index >= 15 is 0 Å². The van der Waals surface area contributed by atoms with Crippen molar-refractivity contribution >= 4 is 35.1 Å². The first-order chi connectivity index (χ1) is 15.2. The van der Waals surface area contributed by atoms with Crippen LogP contribution in [0.1, 0.15) is 30.0 Å². The van der Waals surface area contributed by atoms with Crippen molar-refractivity contribution in [3.05, 3.63) is 58.1 Å². The Balaban J connectivity index is 1.45. The number of carbonyl (C=O) groups is 3. The summed E-state index contributed by atoms with van der Waals surface area (Å²) in [5.41, 5.74) is 2.01. The fourth-order valence-electron chi connectivity index (χ4n) is 4.03. The molecule has 2 N–H and O–H groups in total. The molecule has 7 nitrogen and oxygen atoms in total. The molecule has 10 heteroatoms. The molecule has 32 heavy (non-hydrogen) atoms. The van der Waals surface area contributed by atoms with Crippen LogP contribution >= 0.6 is 11.6 Å². The highest BCUT2D eigenvalue weighted by Gasteiger charge is 2.49. The number of hydrogen-bond acceptors (Lipinski definition) is 4. The number of hydrogen-bond donors (Lipinski definition) is 2. The van der Waals surface area contributed by atoms with Gasteiger partial charge >= 0.3 is 12.6 Å². The third-order valence-corrected chi connectivity index (χ3v) is 5.98. The van der Waals surface area contributed by atoms with Crippen LogP contribution in [0.5, 0.6) is 5.75 Å². The number of anilines is 1. The minimum Gasteiger partial charge on any atom is -0.433 e. The zero-order valence-corrected chi connectivity index (χ0v) is 17.8. The lowest BCUT2D eigenvalue weighted by molar-refractivity contribution is -0.133. The number of urea groups is 1. The molecule has 4 rings (SSSR count). The predicted molar refractivity (Wildman–Crippen MR) is 113 cm³/mol. The molecule has 1 aliphatic heterocycles. The van der Waals surface area contributed by atoms with E-state index in [1.54, 1.807) is 6.92 Å². The maximum absolute atomic E-state index is 13.1. The number of nitrogens with zero attached hydrogens (tertiary/aromatic N) is 1. The summed E-state index contributed by atoms with van der Waals surface area (Å²) in [5, 5.41) is 5.06. The summed E-state index contributed by atoms with van der Waals surface area (Å²) in [5.74, 6) is -1.42. The van der Waals surface area contributed by atoms with Crippen LogP contribution < -0.4 is 15.4 Å². The summed E-state index contributed by atoms with van der Waals surface area (Å²) in [7, 11) is 0. The zero-order valence-electron chi connectivity index (χ0n) is 17.1. The van der Waals surface area contributed by atoms with Gasteiger partial charge in [0.05, 0.1) is 5.02 Å². The van der Waals surface area contributed by atoms with E-state index in [-0.39, 0.29) is 16.5 Å². The van der Waals surface area contributed by atoms with Crippen molar-refractivity contribution < 1.29 is 27.9 Å². The van der Waals surface area contributed by atoms with Gasteiger partial charge in [-0.2, -0.15) is 8.78 Å². The molecule has 2 aliphatic rings. The van der Waals surface area contributed by atoms with Gasteiger partial charge in [-0.1, -0.05) is 29.8 Å². The molecule has 2 aromatic rings. The summed E-state index contributed by atoms with van der Waals surface area (Å²) >= 11 is 5.88. The molecule has 168 valence electrons. The lowest BCUT2D eigenvalue weighted by Crippen LogP contribution is -2.42. The van der Waals surface area contributed by atoms with Gasteiger partial charge in [0.25, 0.3) is 5.91 Å². The van der Waals surface area contributed by atoms with Crippen molar-refractivity contribution in [3.63, 3.8) is 0 Å². The number of rotatable bonds is 6. The maximum atomic E-state index is 13.1. The first-order valence-corrected chi connectivity index (χ1v) is 10.4. The number of alkyl halides is 2. The normalized spacial score (nSPS) is 19.8. The fourth-order valence-corrected chi connectivity index (χ4v) is 4.26. The van der Waals surface area contributed by atoms with E-state index in [9.17, 15) is 23.2 Å². The van der Waals surface area contributed by atoms with Crippen LogP contribution in [0, 0.1) is 0 Å². The molecular formula is C22H20ClF2N3O4. The Morgan fingerprint density at radius 2 is 1.97 bits per heavy atom.